The Morgan fingerprint density at radius 3 is 2.86 bits per heavy atom. The molecular weight excluding hydrogens is 375 g/mol. The second-order valence-electron chi connectivity index (χ2n) is 7.42. The Kier molecular flexibility index (Phi) is 9.12. The molecule has 0 bridgehead atoms. The van der Waals surface area contributed by atoms with E-state index < -0.39 is 0 Å². The van der Waals surface area contributed by atoms with E-state index in [4.69, 9.17) is 9.47 Å². The standard InChI is InChI=1S/C22H31FN2O4/c1-4-21(26)25-10-5-6-17(15-25)22(27)24-9-11-28-12-13-29-20-14-18(23)7-8-19(20)16(2)3/h4,7-8,14,16-17H,1,5-6,9-13,15H2,2-3H3,(H,24,27). The number of carbonyl (C=O) groups excluding carboxylic acids is 2. The minimum absolute atomic E-state index is 0.0623. The van der Waals surface area contributed by atoms with Crippen molar-refractivity contribution in [3.8, 4) is 5.75 Å². The van der Waals surface area contributed by atoms with Crippen molar-refractivity contribution >= 4 is 11.8 Å². The molecule has 29 heavy (non-hydrogen) atoms. The van der Waals surface area contributed by atoms with Crippen LogP contribution in [0.2, 0.25) is 0 Å². The zero-order valence-corrected chi connectivity index (χ0v) is 17.3. The van der Waals surface area contributed by atoms with Gasteiger partial charge >= 0.3 is 0 Å². The van der Waals surface area contributed by atoms with E-state index in [2.05, 4.69) is 11.9 Å². The molecule has 1 aromatic rings. The van der Waals surface area contributed by atoms with Crippen LogP contribution in [0, 0.1) is 11.7 Å². The lowest BCUT2D eigenvalue weighted by atomic mass is 9.97. The van der Waals surface area contributed by atoms with Crippen LogP contribution in [0.4, 0.5) is 4.39 Å². The molecule has 1 heterocycles. The molecule has 1 aromatic carbocycles. The third-order valence-electron chi connectivity index (χ3n) is 4.91. The number of ether oxygens (including phenoxy) is 2. The first kappa shape index (κ1) is 22.9. The number of halogens is 1. The van der Waals surface area contributed by atoms with Gasteiger partial charge in [0.05, 0.1) is 19.1 Å². The summed E-state index contributed by atoms with van der Waals surface area (Å²) in [6.07, 6.45) is 2.86. The molecule has 1 saturated heterocycles. The number of nitrogens with zero attached hydrogens (tertiary/aromatic N) is 1. The predicted molar refractivity (Wildman–Crippen MR) is 109 cm³/mol. The minimum Gasteiger partial charge on any atom is -0.491 e. The van der Waals surface area contributed by atoms with Crippen LogP contribution in [0.25, 0.3) is 0 Å². The van der Waals surface area contributed by atoms with Crippen molar-refractivity contribution in [3.63, 3.8) is 0 Å². The number of rotatable bonds is 10. The fourth-order valence-electron chi connectivity index (χ4n) is 3.33. The van der Waals surface area contributed by atoms with E-state index in [1.807, 2.05) is 13.8 Å². The number of nitrogens with one attached hydrogen (secondary N) is 1. The molecule has 6 nitrogen and oxygen atoms in total. The lowest BCUT2D eigenvalue weighted by Gasteiger charge is -2.31. The van der Waals surface area contributed by atoms with Gasteiger partial charge in [-0.1, -0.05) is 26.5 Å². The maximum Gasteiger partial charge on any atom is 0.245 e. The van der Waals surface area contributed by atoms with Gasteiger partial charge < -0.3 is 19.7 Å². The maximum absolute atomic E-state index is 13.4. The number of piperidine rings is 1. The average Bonchev–Trinajstić information content (AvgIpc) is 2.72. The van der Waals surface area contributed by atoms with Gasteiger partial charge in [-0.15, -0.1) is 0 Å². The topological polar surface area (TPSA) is 67.9 Å². The van der Waals surface area contributed by atoms with E-state index in [1.54, 1.807) is 11.0 Å². The van der Waals surface area contributed by atoms with Crippen LogP contribution in [0.15, 0.2) is 30.9 Å². The first-order valence-corrected chi connectivity index (χ1v) is 10.1. The molecular formula is C22H31FN2O4. The number of carbonyl (C=O) groups is 2. The Morgan fingerprint density at radius 2 is 2.14 bits per heavy atom. The zero-order valence-electron chi connectivity index (χ0n) is 17.3. The molecule has 1 N–H and O–H groups in total. The van der Waals surface area contributed by atoms with Gasteiger partial charge in [-0.25, -0.2) is 4.39 Å². The summed E-state index contributed by atoms with van der Waals surface area (Å²) in [6, 6.07) is 4.56. The van der Waals surface area contributed by atoms with Crippen molar-refractivity contribution < 1.29 is 23.5 Å². The number of likely N-dealkylation sites (tertiary alicyclic amines) is 1. The highest BCUT2D eigenvalue weighted by molar-refractivity contribution is 5.88. The maximum atomic E-state index is 13.4. The Morgan fingerprint density at radius 1 is 1.34 bits per heavy atom. The SMILES string of the molecule is C=CC(=O)N1CCCC(C(=O)NCCOCCOc2cc(F)ccc2C(C)C)C1. The predicted octanol–water partition coefficient (Wildman–Crippen LogP) is 2.89. The molecule has 0 aliphatic carbocycles. The van der Waals surface area contributed by atoms with Crippen molar-refractivity contribution in [2.24, 2.45) is 5.92 Å². The molecule has 2 amide bonds. The van der Waals surface area contributed by atoms with Crippen LogP contribution in [0.1, 0.15) is 38.2 Å². The molecule has 1 unspecified atom stereocenters. The summed E-state index contributed by atoms with van der Waals surface area (Å²) in [5.41, 5.74) is 0.954. The summed E-state index contributed by atoms with van der Waals surface area (Å²) >= 11 is 0. The van der Waals surface area contributed by atoms with Gasteiger partial charge in [0.2, 0.25) is 11.8 Å². The molecule has 160 valence electrons. The summed E-state index contributed by atoms with van der Waals surface area (Å²) in [5, 5.41) is 2.85. The Hall–Kier alpha value is -2.41. The van der Waals surface area contributed by atoms with Gasteiger partial charge in [-0.2, -0.15) is 0 Å². The molecule has 0 saturated carbocycles. The second kappa shape index (κ2) is 11.6. The van der Waals surface area contributed by atoms with Crippen LogP contribution < -0.4 is 10.1 Å². The number of amides is 2. The van der Waals surface area contributed by atoms with E-state index in [9.17, 15) is 14.0 Å². The van der Waals surface area contributed by atoms with Gasteiger partial charge in [0, 0.05) is 25.7 Å². The van der Waals surface area contributed by atoms with Crippen molar-refractivity contribution in [3.05, 3.63) is 42.2 Å². The van der Waals surface area contributed by atoms with Crippen LogP contribution in [-0.4, -0.2) is 56.2 Å². The first-order chi connectivity index (χ1) is 13.9. The van der Waals surface area contributed by atoms with Gasteiger partial charge in [0.1, 0.15) is 18.2 Å². The number of benzene rings is 1. The second-order valence-corrected chi connectivity index (χ2v) is 7.42. The van der Waals surface area contributed by atoms with Crippen LogP contribution >= 0.6 is 0 Å². The molecule has 7 heteroatoms. The van der Waals surface area contributed by atoms with E-state index in [-0.39, 0.29) is 29.5 Å². The van der Waals surface area contributed by atoms with Crippen molar-refractivity contribution in [1.82, 2.24) is 10.2 Å². The molecule has 0 radical (unpaired) electrons. The quantitative estimate of drug-likeness (QED) is 0.479. The minimum atomic E-state index is -0.330. The van der Waals surface area contributed by atoms with E-state index >= 15 is 0 Å². The first-order valence-electron chi connectivity index (χ1n) is 10.1. The van der Waals surface area contributed by atoms with Gasteiger partial charge in [-0.05, 0) is 36.5 Å². The van der Waals surface area contributed by atoms with E-state index in [0.29, 0.717) is 45.2 Å². The fourth-order valence-corrected chi connectivity index (χ4v) is 3.33. The molecule has 0 spiro atoms. The van der Waals surface area contributed by atoms with Crippen LogP contribution in [0.3, 0.4) is 0 Å². The Labute approximate surface area is 172 Å². The van der Waals surface area contributed by atoms with Gasteiger partial charge in [0.15, 0.2) is 0 Å². The Balaban J connectivity index is 1.63. The summed E-state index contributed by atoms with van der Waals surface area (Å²) < 4.78 is 24.6. The highest BCUT2D eigenvalue weighted by atomic mass is 19.1. The molecule has 1 aliphatic heterocycles. The van der Waals surface area contributed by atoms with E-state index in [0.717, 1.165) is 18.4 Å². The van der Waals surface area contributed by atoms with Crippen molar-refractivity contribution in [2.45, 2.75) is 32.6 Å². The highest BCUT2D eigenvalue weighted by Gasteiger charge is 2.27. The molecule has 1 aliphatic rings. The average molecular weight is 406 g/mol. The van der Waals surface area contributed by atoms with E-state index in [1.165, 1.54) is 18.2 Å². The smallest absolute Gasteiger partial charge is 0.245 e. The lowest BCUT2D eigenvalue weighted by Crippen LogP contribution is -2.45. The fraction of sp³-hybridized carbons (Fsp3) is 0.545. The zero-order chi connectivity index (χ0) is 21.2. The van der Waals surface area contributed by atoms with Crippen molar-refractivity contribution in [1.29, 1.82) is 0 Å². The summed E-state index contributed by atoms with van der Waals surface area (Å²) in [6.45, 7) is 10.0. The van der Waals surface area contributed by atoms with Crippen LogP contribution in [-0.2, 0) is 14.3 Å². The summed E-state index contributed by atoms with van der Waals surface area (Å²) in [5.74, 6) is 0.0482. The Bertz CT molecular complexity index is 708. The number of hydrogen-bond acceptors (Lipinski definition) is 4. The third-order valence-corrected chi connectivity index (χ3v) is 4.91. The third kappa shape index (κ3) is 7.16. The molecule has 1 atom stereocenters. The molecule has 0 aromatic heterocycles. The number of hydrogen-bond donors (Lipinski definition) is 1. The molecule has 1 fully saturated rings. The summed E-state index contributed by atoms with van der Waals surface area (Å²) in [7, 11) is 0. The largest absolute Gasteiger partial charge is 0.491 e. The van der Waals surface area contributed by atoms with Crippen molar-refractivity contribution in [2.75, 3.05) is 39.5 Å². The highest BCUT2D eigenvalue weighted by Crippen LogP contribution is 2.27. The summed E-state index contributed by atoms with van der Waals surface area (Å²) in [4.78, 5) is 25.6. The van der Waals surface area contributed by atoms with Gasteiger partial charge in [0.25, 0.3) is 0 Å². The molecule has 2 rings (SSSR count). The normalized spacial score (nSPS) is 16.6. The van der Waals surface area contributed by atoms with Crippen LogP contribution in [0.5, 0.6) is 5.75 Å². The van der Waals surface area contributed by atoms with Gasteiger partial charge in [-0.3, -0.25) is 9.59 Å². The monoisotopic (exact) mass is 406 g/mol. The lowest BCUT2D eigenvalue weighted by molar-refractivity contribution is -0.132.